The van der Waals surface area contributed by atoms with E-state index in [-0.39, 0.29) is 59.0 Å². The van der Waals surface area contributed by atoms with Crippen LogP contribution in [0.15, 0.2) is 94.7 Å². The van der Waals surface area contributed by atoms with Crippen molar-refractivity contribution >= 4 is 58.0 Å². The molecule has 0 bridgehead atoms. The summed E-state index contributed by atoms with van der Waals surface area (Å²) in [5.74, 6) is 2.24. The second kappa shape index (κ2) is 30.3. The summed E-state index contributed by atoms with van der Waals surface area (Å²) in [5.41, 5.74) is 1.58. The van der Waals surface area contributed by atoms with E-state index in [9.17, 15) is 31.6 Å². The van der Waals surface area contributed by atoms with E-state index in [0.29, 0.717) is 23.0 Å². The van der Waals surface area contributed by atoms with Crippen LogP contribution in [-0.2, 0) is 33.1 Å². The minimum atomic E-state index is -4.48. The van der Waals surface area contributed by atoms with Gasteiger partial charge in [-0.15, -0.1) is 5.75 Å². The Labute approximate surface area is 396 Å². The number of hydrogen-bond donors (Lipinski definition) is 2. The molecule has 0 heterocycles. The average molecular weight is 907 g/mol. The van der Waals surface area contributed by atoms with Gasteiger partial charge in [0, 0.05) is 0 Å². The molecule has 0 aliphatic carbocycles. The molecule has 0 aromatic heterocycles. The van der Waals surface area contributed by atoms with Gasteiger partial charge in [-0.05, 0) is 110 Å². The molecule has 0 spiro atoms. The van der Waals surface area contributed by atoms with E-state index in [1.165, 1.54) is 157 Å². The van der Waals surface area contributed by atoms with Crippen LogP contribution in [0, 0.1) is 0 Å². The summed E-state index contributed by atoms with van der Waals surface area (Å²) in [6.45, 7) is 4.47. The third-order valence-corrected chi connectivity index (χ3v) is 12.1. The Balaban J connectivity index is 0.000000413. The van der Waals surface area contributed by atoms with Gasteiger partial charge in [-0.3, -0.25) is 4.55 Å². The molecule has 0 fully saturated rings. The van der Waals surface area contributed by atoms with Crippen LogP contribution in [0.2, 0.25) is 0 Å². The molecule has 0 saturated carbocycles. The van der Waals surface area contributed by atoms with Crippen LogP contribution >= 0.6 is 0 Å². The molecule has 4 rings (SSSR count). The van der Waals surface area contributed by atoms with Crippen LogP contribution in [-0.4, -0.2) is 68.8 Å². The van der Waals surface area contributed by atoms with Crippen LogP contribution in [0.4, 0.5) is 0 Å². The average Bonchev–Trinajstić information content (AvgIpc) is 3.21. The van der Waals surface area contributed by atoms with Crippen molar-refractivity contribution in [3.05, 3.63) is 96.1 Å². The molecule has 332 valence electrons. The monoisotopic (exact) mass is 906 g/mol. The first-order valence-electron chi connectivity index (χ1n) is 21.9. The smallest absolute Gasteiger partial charge is 0.872 e. The van der Waals surface area contributed by atoms with Crippen LogP contribution in [0.25, 0.3) is 0 Å². The summed E-state index contributed by atoms with van der Waals surface area (Å²) in [6.07, 6.45) is 26.7. The van der Waals surface area contributed by atoms with E-state index in [1.807, 2.05) is 6.07 Å². The van der Waals surface area contributed by atoms with E-state index >= 15 is 0 Å². The molecule has 61 heavy (non-hydrogen) atoms. The topological polar surface area (TPSA) is 173 Å². The number of phenols is 1. The number of rotatable bonds is 28. The van der Waals surface area contributed by atoms with Crippen molar-refractivity contribution in [2.75, 3.05) is 0 Å². The Morgan fingerprint density at radius 2 is 0.820 bits per heavy atom. The van der Waals surface area contributed by atoms with Gasteiger partial charge >= 0.3 is 37.7 Å². The van der Waals surface area contributed by atoms with Gasteiger partial charge < -0.3 is 24.2 Å². The molecule has 0 amide bonds. The minimum absolute atomic E-state index is 0. The van der Waals surface area contributed by atoms with Crippen molar-refractivity contribution in [2.45, 2.75) is 165 Å². The Kier molecular flexibility index (Phi) is 27.0. The van der Waals surface area contributed by atoms with Gasteiger partial charge in [0.05, 0.1) is 9.79 Å². The minimum Gasteiger partial charge on any atom is -0.872 e. The second-order valence-corrected chi connectivity index (χ2v) is 18.3. The molecular formula is C48H66CaO10S2. The fourth-order valence-corrected chi connectivity index (χ4v) is 7.82. The molecule has 0 aliphatic rings. The largest absolute Gasteiger partial charge is 2.00 e. The van der Waals surface area contributed by atoms with Crippen molar-refractivity contribution in [1.82, 2.24) is 0 Å². The molecule has 4 aromatic rings. The summed E-state index contributed by atoms with van der Waals surface area (Å²) in [6, 6.07) is 20.8. The van der Waals surface area contributed by atoms with Crippen molar-refractivity contribution in [3.63, 3.8) is 0 Å². The van der Waals surface area contributed by atoms with E-state index in [0.717, 1.165) is 49.7 Å². The Bertz CT molecular complexity index is 1870. The molecule has 0 atom stereocenters. The predicted octanol–water partition coefficient (Wildman–Crippen LogP) is 12.4. The zero-order valence-electron chi connectivity index (χ0n) is 36.3. The van der Waals surface area contributed by atoms with E-state index in [1.54, 1.807) is 24.3 Å². The molecule has 0 radical (unpaired) electrons. The molecule has 4 aromatic carbocycles. The fraction of sp³-hybridized carbons (Fsp3) is 0.500. The Morgan fingerprint density at radius 3 is 1.23 bits per heavy atom. The quantitative estimate of drug-likeness (QED) is 0.0317. The van der Waals surface area contributed by atoms with Gasteiger partial charge in [0.2, 0.25) is 0 Å². The Hall–Kier alpha value is -2.84. The SMILES string of the molecule is CCCCCCCCCCCCc1cc(Oc2ccc(S(=O)(=O)O)cc2)ccc1O.CCCCCCCCCCCCc1cc(Oc2ccc(S(=O)(=O)[O-])cc2)ccc1[O-].[Ca+2]. The van der Waals surface area contributed by atoms with Crippen molar-refractivity contribution in [2.24, 2.45) is 0 Å². The third kappa shape index (κ3) is 22.9. The van der Waals surface area contributed by atoms with Crippen LogP contribution in [0.5, 0.6) is 34.5 Å². The first-order chi connectivity index (χ1) is 28.8. The van der Waals surface area contributed by atoms with Crippen molar-refractivity contribution in [3.8, 4) is 34.5 Å². The maximum atomic E-state index is 12.1. The zero-order valence-corrected chi connectivity index (χ0v) is 40.2. The van der Waals surface area contributed by atoms with Crippen LogP contribution in [0.3, 0.4) is 0 Å². The molecule has 0 saturated heterocycles. The molecular weight excluding hydrogens is 841 g/mol. The summed E-state index contributed by atoms with van der Waals surface area (Å²) in [5, 5.41) is 22.2. The molecule has 0 unspecified atom stereocenters. The second-order valence-electron chi connectivity index (χ2n) is 15.5. The summed E-state index contributed by atoms with van der Waals surface area (Å²) >= 11 is 0. The summed E-state index contributed by atoms with van der Waals surface area (Å²) in [7, 11) is -8.69. The van der Waals surface area contributed by atoms with E-state index in [2.05, 4.69) is 13.8 Å². The first-order valence-corrected chi connectivity index (χ1v) is 24.8. The number of aryl methyl sites for hydroxylation is 2. The van der Waals surface area contributed by atoms with E-state index < -0.39 is 20.2 Å². The molecule has 13 heteroatoms. The third-order valence-electron chi connectivity index (χ3n) is 10.4. The maximum absolute atomic E-state index is 12.1. The van der Waals surface area contributed by atoms with Crippen molar-refractivity contribution < 1.29 is 45.6 Å². The zero-order chi connectivity index (χ0) is 43.6. The predicted molar refractivity (Wildman–Crippen MR) is 242 cm³/mol. The molecule has 0 aliphatic heterocycles. The van der Waals surface area contributed by atoms with E-state index in [4.69, 9.17) is 14.0 Å². The number of benzene rings is 4. The number of ether oxygens (including phenoxy) is 2. The Morgan fingerprint density at radius 1 is 0.475 bits per heavy atom. The normalized spacial score (nSPS) is 11.3. The van der Waals surface area contributed by atoms with Gasteiger partial charge in [-0.25, -0.2) is 8.42 Å². The fourth-order valence-electron chi connectivity index (χ4n) is 6.87. The first kappa shape index (κ1) is 54.3. The van der Waals surface area contributed by atoms with Gasteiger partial charge in [-0.1, -0.05) is 141 Å². The van der Waals surface area contributed by atoms with Crippen molar-refractivity contribution in [1.29, 1.82) is 0 Å². The maximum Gasteiger partial charge on any atom is 2.00 e. The number of hydrogen-bond acceptors (Lipinski definition) is 9. The van der Waals surface area contributed by atoms with Crippen LogP contribution in [0.1, 0.15) is 153 Å². The summed E-state index contributed by atoms with van der Waals surface area (Å²) < 4.78 is 75.7. The van der Waals surface area contributed by atoms with Gasteiger partial charge in [0.25, 0.3) is 10.1 Å². The standard InChI is InChI=1S/2C24H34O5S.Ca/c2*1-2-3-4-5-6-7-8-9-10-11-12-20-19-22(15-18-24(20)25)29-21-13-16-23(17-14-21)30(26,27)28;/h2*13-19,25H,2-12H2,1H3,(H,26,27,28);/q;;+2/p-2. The van der Waals surface area contributed by atoms with Gasteiger partial charge in [0.15, 0.2) is 0 Å². The summed E-state index contributed by atoms with van der Waals surface area (Å²) in [4.78, 5) is -0.478. The molecule has 2 N–H and O–H groups in total. The number of aromatic hydroxyl groups is 1. The number of unbranched alkanes of at least 4 members (excludes halogenated alkanes) is 18. The van der Waals surface area contributed by atoms with Gasteiger partial charge in [-0.2, -0.15) is 8.42 Å². The van der Waals surface area contributed by atoms with Gasteiger partial charge in [0.1, 0.15) is 38.9 Å². The number of phenolic OH excluding ortho intramolecular Hbond substituents is 1. The molecule has 10 nitrogen and oxygen atoms in total. The van der Waals surface area contributed by atoms with Crippen LogP contribution < -0.4 is 14.6 Å².